The zero-order valence-corrected chi connectivity index (χ0v) is 14.4. The van der Waals surface area contributed by atoms with Crippen molar-refractivity contribution in [3.8, 4) is 5.75 Å². The summed E-state index contributed by atoms with van der Waals surface area (Å²) in [5.74, 6) is 1.37. The number of halogens is 1. The lowest BCUT2D eigenvalue weighted by atomic mass is 9.84. The van der Waals surface area contributed by atoms with E-state index in [0.717, 1.165) is 32.5 Å². The van der Waals surface area contributed by atoms with Crippen LogP contribution in [0.3, 0.4) is 0 Å². The maximum Gasteiger partial charge on any atom is 0.273 e. The SMILES string of the molecule is O=C(N[C@H]1CN2CCC1CC2)c1cc(COc2cncc(Cl)c2)on1. The molecule has 7 nitrogen and oxygen atoms in total. The van der Waals surface area contributed by atoms with E-state index in [2.05, 4.69) is 20.4 Å². The number of rotatable bonds is 5. The quantitative estimate of drug-likeness (QED) is 0.877. The predicted molar refractivity (Wildman–Crippen MR) is 90.5 cm³/mol. The summed E-state index contributed by atoms with van der Waals surface area (Å²) in [5, 5.41) is 7.43. The predicted octanol–water partition coefficient (Wildman–Crippen LogP) is 2.13. The highest BCUT2D eigenvalue weighted by Gasteiger charge is 2.35. The third-order valence-corrected chi connectivity index (χ3v) is 5.03. The van der Waals surface area contributed by atoms with Gasteiger partial charge in [0.25, 0.3) is 5.91 Å². The molecule has 2 aromatic heterocycles. The van der Waals surface area contributed by atoms with Crippen molar-refractivity contribution in [2.75, 3.05) is 19.6 Å². The first-order chi connectivity index (χ1) is 12.2. The third-order valence-electron chi connectivity index (χ3n) is 4.83. The third kappa shape index (κ3) is 3.77. The van der Waals surface area contributed by atoms with Crippen molar-refractivity contribution in [1.82, 2.24) is 20.4 Å². The number of nitrogens with one attached hydrogen (secondary N) is 1. The van der Waals surface area contributed by atoms with Crippen LogP contribution in [0, 0.1) is 5.92 Å². The van der Waals surface area contributed by atoms with Crippen molar-refractivity contribution >= 4 is 17.5 Å². The molecule has 0 spiro atoms. The van der Waals surface area contributed by atoms with Crippen molar-refractivity contribution in [3.05, 3.63) is 41.0 Å². The number of fused-ring (bicyclic) bond motifs is 3. The second-order valence-corrected chi connectivity index (χ2v) is 6.96. The van der Waals surface area contributed by atoms with E-state index in [1.165, 1.54) is 6.20 Å². The van der Waals surface area contributed by atoms with Gasteiger partial charge in [-0.05, 0) is 31.8 Å². The lowest BCUT2D eigenvalue weighted by Gasteiger charge is -2.44. The van der Waals surface area contributed by atoms with Gasteiger partial charge in [-0.1, -0.05) is 16.8 Å². The molecular weight excluding hydrogens is 344 g/mol. The van der Waals surface area contributed by atoms with Crippen LogP contribution in [-0.4, -0.2) is 46.6 Å². The minimum atomic E-state index is -0.196. The Morgan fingerprint density at radius 1 is 1.36 bits per heavy atom. The van der Waals surface area contributed by atoms with Crippen LogP contribution >= 0.6 is 11.6 Å². The fourth-order valence-corrected chi connectivity index (χ4v) is 3.65. The number of aromatic nitrogens is 2. The molecule has 3 aliphatic rings. The number of hydrogen-bond donors (Lipinski definition) is 1. The van der Waals surface area contributed by atoms with E-state index < -0.39 is 0 Å². The van der Waals surface area contributed by atoms with E-state index in [1.54, 1.807) is 18.3 Å². The summed E-state index contributed by atoms with van der Waals surface area (Å²) >= 11 is 5.86. The zero-order chi connectivity index (χ0) is 17.2. The van der Waals surface area contributed by atoms with E-state index in [-0.39, 0.29) is 24.2 Å². The number of carbonyl (C=O) groups excluding carboxylic acids is 1. The van der Waals surface area contributed by atoms with Crippen molar-refractivity contribution in [2.45, 2.75) is 25.5 Å². The Bertz CT molecular complexity index is 758. The van der Waals surface area contributed by atoms with Crippen LogP contribution in [0.2, 0.25) is 5.02 Å². The maximum atomic E-state index is 12.4. The van der Waals surface area contributed by atoms with Crippen molar-refractivity contribution < 1.29 is 14.1 Å². The van der Waals surface area contributed by atoms with Crippen molar-refractivity contribution in [3.63, 3.8) is 0 Å². The second-order valence-electron chi connectivity index (χ2n) is 6.52. The molecule has 0 radical (unpaired) electrons. The van der Waals surface area contributed by atoms with Gasteiger partial charge >= 0.3 is 0 Å². The van der Waals surface area contributed by atoms with Gasteiger partial charge in [-0.3, -0.25) is 9.78 Å². The summed E-state index contributed by atoms with van der Waals surface area (Å²) in [7, 11) is 0. The molecular formula is C17H19ClN4O3. The van der Waals surface area contributed by atoms with Crippen LogP contribution in [-0.2, 0) is 6.61 Å². The molecule has 2 aromatic rings. The van der Waals surface area contributed by atoms with Crippen LogP contribution in [0.15, 0.2) is 29.0 Å². The molecule has 3 fully saturated rings. The number of nitrogens with zero attached hydrogens (tertiary/aromatic N) is 3. The molecule has 1 N–H and O–H groups in total. The van der Waals surface area contributed by atoms with Crippen LogP contribution in [0.5, 0.6) is 5.75 Å². The Morgan fingerprint density at radius 3 is 2.92 bits per heavy atom. The Hall–Kier alpha value is -2.12. The van der Waals surface area contributed by atoms with Gasteiger partial charge in [0.2, 0.25) is 0 Å². The van der Waals surface area contributed by atoms with Gasteiger partial charge in [0.15, 0.2) is 11.5 Å². The Labute approximate surface area is 150 Å². The molecule has 0 aromatic carbocycles. The van der Waals surface area contributed by atoms with Gasteiger partial charge in [0.1, 0.15) is 12.4 Å². The molecule has 0 aliphatic carbocycles. The Morgan fingerprint density at radius 2 is 2.20 bits per heavy atom. The lowest BCUT2D eigenvalue weighted by molar-refractivity contribution is 0.0615. The normalized spacial score (nSPS) is 24.9. The molecule has 25 heavy (non-hydrogen) atoms. The highest BCUT2D eigenvalue weighted by molar-refractivity contribution is 6.30. The van der Waals surface area contributed by atoms with Gasteiger partial charge in [0, 0.05) is 30.9 Å². The fraction of sp³-hybridized carbons (Fsp3) is 0.471. The Balaban J connectivity index is 1.33. The average Bonchev–Trinajstić information content (AvgIpc) is 3.10. The van der Waals surface area contributed by atoms with Gasteiger partial charge < -0.3 is 19.5 Å². The number of piperidine rings is 3. The van der Waals surface area contributed by atoms with Crippen LogP contribution < -0.4 is 10.1 Å². The van der Waals surface area contributed by atoms with Gasteiger partial charge in [0.05, 0.1) is 11.2 Å². The summed E-state index contributed by atoms with van der Waals surface area (Å²) in [6.07, 6.45) is 5.39. The maximum absolute atomic E-state index is 12.4. The van der Waals surface area contributed by atoms with E-state index in [4.69, 9.17) is 20.9 Å². The first kappa shape index (κ1) is 16.4. The smallest absolute Gasteiger partial charge is 0.273 e. The first-order valence-corrected chi connectivity index (χ1v) is 8.77. The fourth-order valence-electron chi connectivity index (χ4n) is 3.48. The molecule has 5 heterocycles. The molecule has 0 unspecified atom stereocenters. The molecule has 0 saturated carbocycles. The number of hydrogen-bond acceptors (Lipinski definition) is 6. The zero-order valence-electron chi connectivity index (χ0n) is 13.7. The molecule has 2 bridgehead atoms. The molecule has 1 amide bonds. The average molecular weight is 363 g/mol. The monoisotopic (exact) mass is 362 g/mol. The van der Waals surface area contributed by atoms with Gasteiger partial charge in [-0.15, -0.1) is 0 Å². The summed E-state index contributed by atoms with van der Waals surface area (Å²) in [6, 6.07) is 3.46. The number of carbonyl (C=O) groups is 1. The molecule has 5 rings (SSSR count). The number of pyridine rings is 1. The standard InChI is InChI=1S/C17H19ClN4O3/c18-12-5-13(8-19-7-12)24-10-14-6-15(21-25-14)17(23)20-16-9-22-3-1-11(16)2-4-22/h5-8,11,16H,1-4,9-10H2,(H,20,23)/t16-/m0/s1. The molecule has 132 valence electrons. The van der Waals surface area contributed by atoms with Crippen molar-refractivity contribution in [2.24, 2.45) is 5.92 Å². The Kier molecular flexibility index (Phi) is 4.59. The summed E-state index contributed by atoms with van der Waals surface area (Å²) in [4.78, 5) is 18.7. The molecule has 8 heteroatoms. The topological polar surface area (TPSA) is 80.5 Å². The largest absolute Gasteiger partial charge is 0.484 e. The second kappa shape index (κ2) is 7.01. The lowest BCUT2D eigenvalue weighted by Crippen LogP contribution is -2.57. The highest BCUT2D eigenvalue weighted by Crippen LogP contribution is 2.27. The molecule has 1 atom stereocenters. The summed E-state index contributed by atoms with van der Waals surface area (Å²) < 4.78 is 10.7. The van der Waals surface area contributed by atoms with E-state index in [9.17, 15) is 4.79 Å². The molecule has 3 saturated heterocycles. The van der Waals surface area contributed by atoms with Crippen LogP contribution in [0.1, 0.15) is 29.1 Å². The van der Waals surface area contributed by atoms with Gasteiger partial charge in [-0.2, -0.15) is 0 Å². The van der Waals surface area contributed by atoms with Gasteiger partial charge in [-0.25, -0.2) is 0 Å². The first-order valence-electron chi connectivity index (χ1n) is 8.39. The number of amides is 1. The summed E-state index contributed by atoms with van der Waals surface area (Å²) in [6.45, 7) is 3.36. The minimum Gasteiger partial charge on any atom is -0.484 e. The van der Waals surface area contributed by atoms with Crippen LogP contribution in [0.25, 0.3) is 0 Å². The van der Waals surface area contributed by atoms with E-state index in [0.29, 0.717) is 22.5 Å². The number of ether oxygens (including phenoxy) is 1. The molecule has 3 aliphatic heterocycles. The highest BCUT2D eigenvalue weighted by atomic mass is 35.5. The van der Waals surface area contributed by atoms with Crippen molar-refractivity contribution in [1.29, 1.82) is 0 Å². The van der Waals surface area contributed by atoms with Crippen LogP contribution in [0.4, 0.5) is 0 Å². The minimum absolute atomic E-state index is 0.155. The summed E-state index contributed by atoms with van der Waals surface area (Å²) in [5.41, 5.74) is 0.277. The van der Waals surface area contributed by atoms with E-state index in [1.807, 2.05) is 0 Å². The van der Waals surface area contributed by atoms with E-state index >= 15 is 0 Å².